The second kappa shape index (κ2) is 6.12. The van der Waals surface area contributed by atoms with Crippen molar-refractivity contribution in [2.75, 3.05) is 0 Å². The summed E-state index contributed by atoms with van der Waals surface area (Å²) in [5.74, 6) is -2.80. The first-order chi connectivity index (χ1) is 10.1. The molecule has 22 heavy (non-hydrogen) atoms. The number of halogens is 2. The van der Waals surface area contributed by atoms with Crippen molar-refractivity contribution in [1.82, 2.24) is 19.5 Å². The van der Waals surface area contributed by atoms with Crippen LogP contribution in [0.2, 0.25) is 0 Å². The van der Waals surface area contributed by atoms with Gasteiger partial charge in [0, 0.05) is 17.1 Å². The lowest BCUT2D eigenvalue weighted by Gasteiger charge is -2.21. The fourth-order valence-electron chi connectivity index (χ4n) is 1.95. The number of alkyl halides is 2. The second-order valence-electron chi connectivity index (χ2n) is 6.59. The maximum atomic E-state index is 13.1. The minimum atomic E-state index is -2.80. The Kier molecular flexibility index (Phi) is 4.77. The van der Waals surface area contributed by atoms with Crippen LogP contribution in [0.3, 0.4) is 0 Å². The third kappa shape index (κ3) is 4.64. The SMILES string of the molecule is C[C@@H](NSC(C)(C)C)c1cc2cnn(CC(C)(F)F)c2cn1. The normalized spacial score (nSPS) is 14.5. The molecule has 0 amide bonds. The van der Waals surface area contributed by atoms with Gasteiger partial charge in [0.25, 0.3) is 5.92 Å². The van der Waals surface area contributed by atoms with Crippen LogP contribution in [-0.4, -0.2) is 25.4 Å². The van der Waals surface area contributed by atoms with E-state index < -0.39 is 12.5 Å². The van der Waals surface area contributed by atoms with Gasteiger partial charge < -0.3 is 0 Å². The van der Waals surface area contributed by atoms with E-state index in [0.717, 1.165) is 18.0 Å². The molecule has 122 valence electrons. The number of nitrogens with one attached hydrogen (secondary N) is 1. The van der Waals surface area contributed by atoms with Gasteiger partial charge in [0.15, 0.2) is 0 Å². The molecule has 2 aromatic heterocycles. The lowest BCUT2D eigenvalue weighted by atomic mass is 10.2. The van der Waals surface area contributed by atoms with E-state index in [4.69, 9.17) is 0 Å². The lowest BCUT2D eigenvalue weighted by molar-refractivity contribution is 0.00181. The summed E-state index contributed by atoms with van der Waals surface area (Å²) in [5, 5.41) is 4.86. The van der Waals surface area contributed by atoms with Gasteiger partial charge in [-0.05, 0) is 33.8 Å². The molecule has 0 saturated carbocycles. The number of rotatable bonds is 5. The molecular weight excluding hydrogens is 306 g/mol. The Bertz CT molecular complexity index is 643. The lowest BCUT2D eigenvalue weighted by Crippen LogP contribution is -2.21. The standard InChI is InChI=1S/C15H22F2N4S/c1-10(20-22-14(2,3)4)12-6-11-7-19-21(9-15(5,16)17)13(11)8-18-12/h6-8,10,20H,9H2,1-5H3/t10-/m1/s1. The van der Waals surface area contributed by atoms with E-state index in [9.17, 15) is 8.78 Å². The maximum absolute atomic E-state index is 13.1. The van der Waals surface area contributed by atoms with Crippen molar-refractivity contribution in [2.24, 2.45) is 0 Å². The van der Waals surface area contributed by atoms with Crippen molar-refractivity contribution in [3.63, 3.8) is 0 Å². The minimum absolute atomic E-state index is 0.0598. The number of fused-ring (bicyclic) bond motifs is 1. The first-order valence-corrected chi connectivity index (χ1v) is 8.00. The van der Waals surface area contributed by atoms with E-state index in [1.54, 1.807) is 24.3 Å². The molecule has 7 heteroatoms. The Morgan fingerprint density at radius 3 is 2.55 bits per heavy atom. The molecule has 0 aromatic carbocycles. The Hall–Kier alpha value is -1.21. The van der Waals surface area contributed by atoms with E-state index in [2.05, 4.69) is 35.6 Å². The number of aromatic nitrogens is 3. The predicted octanol–water partition coefficient (Wildman–Crippen LogP) is 4.18. The zero-order valence-corrected chi connectivity index (χ0v) is 14.3. The summed E-state index contributed by atoms with van der Waals surface area (Å²) in [4.78, 5) is 4.39. The van der Waals surface area contributed by atoms with Crippen LogP contribution in [0.25, 0.3) is 10.9 Å². The van der Waals surface area contributed by atoms with E-state index in [-0.39, 0.29) is 10.8 Å². The van der Waals surface area contributed by atoms with E-state index in [1.165, 1.54) is 4.68 Å². The maximum Gasteiger partial charge on any atom is 0.264 e. The molecule has 0 fully saturated rings. The quantitative estimate of drug-likeness (QED) is 0.836. The van der Waals surface area contributed by atoms with E-state index in [1.807, 2.05) is 13.0 Å². The summed E-state index contributed by atoms with van der Waals surface area (Å²) in [5.41, 5.74) is 1.49. The topological polar surface area (TPSA) is 42.7 Å². The third-order valence-corrected chi connectivity index (χ3v) is 4.05. The van der Waals surface area contributed by atoms with Crippen LogP contribution < -0.4 is 4.72 Å². The first kappa shape index (κ1) is 17.1. The fourth-order valence-corrected chi connectivity index (χ4v) is 2.60. The molecule has 0 aliphatic heterocycles. The van der Waals surface area contributed by atoms with Crippen LogP contribution in [-0.2, 0) is 6.54 Å². The zero-order chi connectivity index (χ0) is 16.5. The zero-order valence-electron chi connectivity index (χ0n) is 13.5. The molecule has 0 radical (unpaired) electrons. The van der Waals surface area contributed by atoms with Crippen molar-refractivity contribution in [2.45, 2.75) is 57.9 Å². The van der Waals surface area contributed by atoms with Crippen LogP contribution in [0.4, 0.5) is 8.78 Å². The third-order valence-electron chi connectivity index (χ3n) is 2.96. The Balaban J connectivity index is 2.18. The summed E-state index contributed by atoms with van der Waals surface area (Å²) < 4.78 is 31.0. The van der Waals surface area contributed by atoms with Gasteiger partial charge in [-0.3, -0.25) is 14.4 Å². The number of hydrogen-bond donors (Lipinski definition) is 1. The summed E-state index contributed by atoms with van der Waals surface area (Å²) in [6.45, 7) is 8.86. The molecule has 2 aromatic rings. The average Bonchev–Trinajstić information content (AvgIpc) is 2.75. The minimum Gasteiger partial charge on any atom is -0.257 e. The van der Waals surface area contributed by atoms with Gasteiger partial charge in [-0.1, -0.05) is 11.9 Å². The van der Waals surface area contributed by atoms with Crippen molar-refractivity contribution in [1.29, 1.82) is 0 Å². The van der Waals surface area contributed by atoms with Crippen LogP contribution in [0, 0.1) is 0 Å². The second-order valence-corrected chi connectivity index (χ2v) is 8.26. The number of pyridine rings is 1. The van der Waals surface area contributed by atoms with Crippen LogP contribution in [0.1, 0.15) is 46.4 Å². The van der Waals surface area contributed by atoms with Crippen molar-refractivity contribution >= 4 is 22.9 Å². The molecule has 0 aliphatic carbocycles. The number of hydrogen-bond acceptors (Lipinski definition) is 4. The predicted molar refractivity (Wildman–Crippen MR) is 87.0 cm³/mol. The van der Waals surface area contributed by atoms with Crippen LogP contribution in [0.5, 0.6) is 0 Å². The number of nitrogens with zero attached hydrogens (tertiary/aromatic N) is 3. The molecule has 0 aliphatic rings. The first-order valence-electron chi connectivity index (χ1n) is 7.18. The van der Waals surface area contributed by atoms with Gasteiger partial charge in [0.1, 0.15) is 6.54 Å². The van der Waals surface area contributed by atoms with Gasteiger partial charge in [0.2, 0.25) is 0 Å². The van der Waals surface area contributed by atoms with E-state index in [0.29, 0.717) is 5.52 Å². The molecule has 2 rings (SSSR count). The molecule has 2 heterocycles. The molecule has 4 nitrogen and oxygen atoms in total. The van der Waals surface area contributed by atoms with Gasteiger partial charge in [0.05, 0.1) is 29.6 Å². The van der Waals surface area contributed by atoms with Gasteiger partial charge in [-0.15, -0.1) is 0 Å². The highest BCUT2D eigenvalue weighted by atomic mass is 32.2. The van der Waals surface area contributed by atoms with Crippen molar-refractivity contribution in [3.8, 4) is 0 Å². The van der Waals surface area contributed by atoms with Gasteiger partial charge in [-0.2, -0.15) is 5.10 Å². The van der Waals surface area contributed by atoms with Crippen LogP contribution in [0.15, 0.2) is 18.5 Å². The summed E-state index contributed by atoms with van der Waals surface area (Å²) in [7, 11) is 0. The van der Waals surface area contributed by atoms with Gasteiger partial charge in [-0.25, -0.2) is 8.78 Å². The van der Waals surface area contributed by atoms with Crippen molar-refractivity contribution in [3.05, 3.63) is 24.2 Å². The summed E-state index contributed by atoms with van der Waals surface area (Å²) in [6.07, 6.45) is 3.22. The molecule has 1 N–H and O–H groups in total. The highest BCUT2D eigenvalue weighted by Crippen LogP contribution is 2.25. The Morgan fingerprint density at radius 2 is 1.95 bits per heavy atom. The smallest absolute Gasteiger partial charge is 0.257 e. The fraction of sp³-hybridized carbons (Fsp3) is 0.600. The largest absolute Gasteiger partial charge is 0.264 e. The molecule has 0 unspecified atom stereocenters. The molecule has 1 atom stereocenters. The summed E-state index contributed by atoms with van der Waals surface area (Å²) >= 11 is 1.64. The molecule has 0 saturated heterocycles. The van der Waals surface area contributed by atoms with Crippen molar-refractivity contribution < 1.29 is 8.78 Å². The Labute approximate surface area is 133 Å². The monoisotopic (exact) mass is 328 g/mol. The van der Waals surface area contributed by atoms with E-state index >= 15 is 0 Å². The highest BCUT2D eigenvalue weighted by molar-refractivity contribution is 7.98. The molecule has 0 spiro atoms. The van der Waals surface area contributed by atoms with Crippen LogP contribution >= 0.6 is 11.9 Å². The molecular formula is C15H22F2N4S. The van der Waals surface area contributed by atoms with Gasteiger partial charge >= 0.3 is 0 Å². The Morgan fingerprint density at radius 1 is 1.27 bits per heavy atom. The highest BCUT2D eigenvalue weighted by Gasteiger charge is 2.23. The summed E-state index contributed by atoms with van der Waals surface area (Å²) in [6, 6.07) is 1.96. The molecule has 0 bridgehead atoms. The average molecular weight is 328 g/mol.